The third-order valence-electron chi connectivity index (χ3n) is 3.11. The molecule has 0 aliphatic heterocycles. The van der Waals surface area contributed by atoms with Gasteiger partial charge in [-0.3, -0.25) is 4.79 Å². The molecule has 0 N–H and O–H groups in total. The minimum absolute atomic E-state index is 0.259. The first kappa shape index (κ1) is 14.7. The Labute approximate surface area is 122 Å². The van der Waals surface area contributed by atoms with E-state index in [1.807, 2.05) is 29.7 Å². The summed E-state index contributed by atoms with van der Waals surface area (Å²) in [6.45, 7) is 2.33. The molecule has 2 aromatic rings. The fraction of sp³-hybridized carbons (Fsp3) is 0.429. The molecule has 20 heavy (non-hydrogen) atoms. The number of fused-ring (bicyclic) bond motifs is 1. The van der Waals surface area contributed by atoms with Gasteiger partial charge in [0.05, 0.1) is 31.5 Å². The number of benzene rings is 1. The van der Waals surface area contributed by atoms with Gasteiger partial charge in [0.1, 0.15) is 17.1 Å². The quantitative estimate of drug-likeness (QED) is 0.629. The Kier molecular flexibility index (Phi) is 4.49. The van der Waals surface area contributed by atoms with E-state index in [0.29, 0.717) is 12.3 Å². The highest BCUT2D eigenvalue weighted by atomic mass is 35.5. The van der Waals surface area contributed by atoms with Crippen molar-refractivity contribution in [2.24, 2.45) is 0 Å². The number of para-hydroxylation sites is 1. The summed E-state index contributed by atoms with van der Waals surface area (Å²) in [4.78, 5) is 15.9. The molecule has 1 aromatic heterocycles. The minimum atomic E-state index is -0.261. The zero-order chi connectivity index (χ0) is 14.7. The molecule has 1 aromatic carbocycles. The van der Waals surface area contributed by atoms with Gasteiger partial charge in [-0.1, -0.05) is 6.07 Å². The number of aromatic nitrogens is 2. The van der Waals surface area contributed by atoms with Crippen LogP contribution in [-0.4, -0.2) is 29.7 Å². The van der Waals surface area contributed by atoms with Gasteiger partial charge in [0, 0.05) is 6.54 Å². The van der Waals surface area contributed by atoms with Crippen LogP contribution in [0.2, 0.25) is 0 Å². The first-order chi connectivity index (χ1) is 9.58. The van der Waals surface area contributed by atoms with Crippen molar-refractivity contribution in [1.82, 2.24) is 9.55 Å². The number of ether oxygens (including phenoxy) is 2. The number of imidazole rings is 1. The first-order valence-corrected chi connectivity index (χ1v) is 6.76. The number of methoxy groups -OCH3 is 2. The summed E-state index contributed by atoms with van der Waals surface area (Å²) in [6.07, 6.45) is 0.274. The minimum Gasteiger partial charge on any atom is -0.494 e. The Balaban J connectivity index is 2.49. The molecule has 0 amide bonds. The molecule has 6 heteroatoms. The number of alkyl halides is 1. The van der Waals surface area contributed by atoms with Gasteiger partial charge in [0.25, 0.3) is 0 Å². The Bertz CT molecular complexity index is 622. The molecule has 0 aliphatic carbocycles. The number of esters is 1. The summed E-state index contributed by atoms with van der Waals surface area (Å²) in [5.74, 6) is 1.15. The third-order valence-corrected chi connectivity index (χ3v) is 3.31. The van der Waals surface area contributed by atoms with Crippen LogP contribution in [0.4, 0.5) is 0 Å². The summed E-state index contributed by atoms with van der Waals surface area (Å²) in [7, 11) is 2.98. The number of halogens is 1. The Morgan fingerprint density at radius 1 is 1.45 bits per heavy atom. The van der Waals surface area contributed by atoms with E-state index in [2.05, 4.69) is 9.72 Å². The van der Waals surface area contributed by atoms with E-state index in [4.69, 9.17) is 16.3 Å². The lowest BCUT2D eigenvalue weighted by Gasteiger charge is -2.09. The van der Waals surface area contributed by atoms with Gasteiger partial charge in [-0.05, 0) is 19.1 Å². The van der Waals surface area contributed by atoms with Gasteiger partial charge in [0.2, 0.25) is 0 Å². The second kappa shape index (κ2) is 6.13. The number of aryl methyl sites for hydroxylation is 1. The number of carbonyl (C=O) groups excluding carboxylic acids is 1. The molecule has 0 fully saturated rings. The van der Waals surface area contributed by atoms with Gasteiger partial charge >= 0.3 is 5.97 Å². The molecular weight excluding hydrogens is 280 g/mol. The lowest BCUT2D eigenvalue weighted by atomic mass is 10.3. The Morgan fingerprint density at radius 2 is 2.20 bits per heavy atom. The van der Waals surface area contributed by atoms with Crippen molar-refractivity contribution in [1.29, 1.82) is 0 Å². The van der Waals surface area contributed by atoms with Crippen molar-refractivity contribution in [2.75, 3.05) is 14.2 Å². The van der Waals surface area contributed by atoms with E-state index in [-0.39, 0.29) is 17.8 Å². The van der Waals surface area contributed by atoms with Crippen LogP contribution in [0.1, 0.15) is 24.5 Å². The number of nitrogens with zero attached hydrogens (tertiary/aromatic N) is 2. The number of hydrogen-bond donors (Lipinski definition) is 0. The van der Waals surface area contributed by atoms with Crippen molar-refractivity contribution in [3.8, 4) is 5.75 Å². The highest BCUT2D eigenvalue weighted by Crippen LogP contribution is 2.30. The fourth-order valence-corrected chi connectivity index (χ4v) is 2.31. The van der Waals surface area contributed by atoms with Crippen LogP contribution in [0.15, 0.2) is 18.2 Å². The molecule has 0 aliphatic rings. The van der Waals surface area contributed by atoms with Gasteiger partial charge in [-0.25, -0.2) is 4.98 Å². The van der Waals surface area contributed by atoms with Gasteiger partial charge in [0.15, 0.2) is 0 Å². The molecule has 5 nitrogen and oxygen atoms in total. The maximum atomic E-state index is 11.3. The predicted octanol–water partition coefficient (Wildman–Crippen LogP) is 2.91. The van der Waals surface area contributed by atoms with E-state index < -0.39 is 0 Å². The second-order valence-electron chi connectivity index (χ2n) is 4.39. The van der Waals surface area contributed by atoms with Crippen molar-refractivity contribution in [3.63, 3.8) is 0 Å². The Morgan fingerprint density at radius 3 is 2.80 bits per heavy atom. The predicted molar refractivity (Wildman–Crippen MR) is 77.2 cm³/mol. The standard InChI is InChI=1S/C14H17ClN2O3/c1-9(15)14-16-13-10(5-4-6-11(13)19-2)17(14)8-7-12(18)20-3/h4-6,9H,7-8H2,1-3H3. The summed E-state index contributed by atoms with van der Waals surface area (Å²) in [5, 5.41) is -0.259. The summed E-state index contributed by atoms with van der Waals surface area (Å²) >= 11 is 6.18. The molecule has 1 atom stereocenters. The van der Waals surface area contributed by atoms with Crippen LogP contribution >= 0.6 is 11.6 Å². The average Bonchev–Trinajstić information content (AvgIpc) is 2.83. The number of carbonyl (C=O) groups is 1. The topological polar surface area (TPSA) is 53.4 Å². The normalized spacial score (nSPS) is 12.4. The SMILES string of the molecule is COC(=O)CCn1c(C(C)Cl)nc2c(OC)cccc21. The zero-order valence-corrected chi connectivity index (χ0v) is 12.5. The third kappa shape index (κ3) is 2.72. The molecule has 0 radical (unpaired) electrons. The van der Waals surface area contributed by atoms with E-state index >= 15 is 0 Å². The van der Waals surface area contributed by atoms with Gasteiger partial charge in [-0.15, -0.1) is 11.6 Å². The van der Waals surface area contributed by atoms with Crippen molar-refractivity contribution in [3.05, 3.63) is 24.0 Å². The largest absolute Gasteiger partial charge is 0.494 e. The fourth-order valence-electron chi connectivity index (χ4n) is 2.15. The molecule has 0 saturated carbocycles. The molecule has 1 heterocycles. The highest BCUT2D eigenvalue weighted by molar-refractivity contribution is 6.20. The summed E-state index contributed by atoms with van der Waals surface area (Å²) in [5.41, 5.74) is 1.65. The molecule has 108 valence electrons. The van der Waals surface area contributed by atoms with E-state index in [1.54, 1.807) is 7.11 Å². The zero-order valence-electron chi connectivity index (χ0n) is 11.7. The Hall–Kier alpha value is -1.75. The van der Waals surface area contributed by atoms with Crippen LogP contribution in [-0.2, 0) is 16.1 Å². The van der Waals surface area contributed by atoms with Crippen LogP contribution in [0, 0.1) is 0 Å². The van der Waals surface area contributed by atoms with Crippen LogP contribution in [0.25, 0.3) is 11.0 Å². The molecule has 2 rings (SSSR count). The molecular formula is C14H17ClN2O3. The maximum absolute atomic E-state index is 11.3. The van der Waals surface area contributed by atoms with Crippen molar-refractivity contribution >= 4 is 28.6 Å². The molecule has 0 saturated heterocycles. The maximum Gasteiger partial charge on any atom is 0.307 e. The van der Waals surface area contributed by atoms with Crippen LogP contribution < -0.4 is 4.74 Å². The second-order valence-corrected chi connectivity index (χ2v) is 5.05. The smallest absolute Gasteiger partial charge is 0.307 e. The highest BCUT2D eigenvalue weighted by Gasteiger charge is 2.18. The van der Waals surface area contributed by atoms with Crippen molar-refractivity contribution in [2.45, 2.75) is 25.3 Å². The summed E-state index contributed by atoms with van der Waals surface area (Å²) < 4.78 is 11.9. The van der Waals surface area contributed by atoms with Gasteiger partial charge in [-0.2, -0.15) is 0 Å². The number of hydrogen-bond acceptors (Lipinski definition) is 4. The van der Waals surface area contributed by atoms with E-state index in [0.717, 1.165) is 16.9 Å². The van der Waals surface area contributed by atoms with Crippen LogP contribution in [0.3, 0.4) is 0 Å². The first-order valence-electron chi connectivity index (χ1n) is 6.32. The van der Waals surface area contributed by atoms with Crippen molar-refractivity contribution < 1.29 is 14.3 Å². The van der Waals surface area contributed by atoms with E-state index in [1.165, 1.54) is 7.11 Å². The van der Waals surface area contributed by atoms with Gasteiger partial charge < -0.3 is 14.0 Å². The number of rotatable bonds is 5. The van der Waals surface area contributed by atoms with E-state index in [9.17, 15) is 4.79 Å². The molecule has 1 unspecified atom stereocenters. The van der Waals surface area contributed by atoms with Crippen LogP contribution in [0.5, 0.6) is 5.75 Å². The lowest BCUT2D eigenvalue weighted by molar-refractivity contribution is -0.140. The summed E-state index contributed by atoms with van der Waals surface area (Å²) in [6, 6.07) is 5.67. The monoisotopic (exact) mass is 296 g/mol. The molecule has 0 bridgehead atoms. The lowest BCUT2D eigenvalue weighted by Crippen LogP contribution is -2.10. The average molecular weight is 297 g/mol. The molecule has 0 spiro atoms.